The zero-order valence-corrected chi connectivity index (χ0v) is 8.56. The van der Waals surface area contributed by atoms with Crippen molar-refractivity contribution in [2.24, 2.45) is 0 Å². The minimum absolute atomic E-state index is 1.00. The van der Waals surface area contributed by atoms with Crippen LogP contribution < -0.4 is 0 Å². The van der Waals surface area contributed by atoms with E-state index in [-0.39, 0.29) is 0 Å². The lowest BCUT2D eigenvalue weighted by molar-refractivity contribution is 0.915. The van der Waals surface area contributed by atoms with E-state index in [4.69, 9.17) is 0 Å². The van der Waals surface area contributed by atoms with Crippen molar-refractivity contribution in [3.05, 3.63) is 36.0 Å². The maximum atomic E-state index is 3.69. The first kappa shape index (κ1) is 11.2. The minimum atomic E-state index is 1.00. The van der Waals surface area contributed by atoms with Crippen LogP contribution in [0.2, 0.25) is 0 Å². The van der Waals surface area contributed by atoms with Crippen LogP contribution in [-0.2, 0) is 0 Å². The number of hydrogen-bond acceptors (Lipinski definition) is 0. The standard InChI is InChI=1S/C12H20/c1-5-7-8-12(4)10-9-11(3)6-2/h5-6,8H,1,7,9-10H2,2-4H3. The molecule has 0 atom stereocenters. The second-order valence-corrected chi connectivity index (χ2v) is 3.21. The molecule has 0 aromatic heterocycles. The van der Waals surface area contributed by atoms with Crippen molar-refractivity contribution in [2.75, 3.05) is 0 Å². The van der Waals surface area contributed by atoms with Gasteiger partial charge in [0.2, 0.25) is 0 Å². The molecule has 0 radical (unpaired) electrons. The molecule has 0 bridgehead atoms. The molecule has 0 heterocycles. The van der Waals surface area contributed by atoms with E-state index in [9.17, 15) is 0 Å². The molecule has 0 aliphatic carbocycles. The first-order valence-electron chi connectivity index (χ1n) is 4.59. The smallest absolute Gasteiger partial charge is 0.0169 e. The summed E-state index contributed by atoms with van der Waals surface area (Å²) in [6.07, 6.45) is 9.74. The zero-order chi connectivity index (χ0) is 9.40. The average molecular weight is 164 g/mol. The molecule has 0 spiro atoms. The van der Waals surface area contributed by atoms with Crippen molar-refractivity contribution in [2.45, 2.75) is 40.0 Å². The van der Waals surface area contributed by atoms with E-state index in [1.54, 1.807) is 0 Å². The van der Waals surface area contributed by atoms with Crippen molar-refractivity contribution in [3.8, 4) is 0 Å². The van der Waals surface area contributed by atoms with Gasteiger partial charge in [-0.2, -0.15) is 0 Å². The summed E-state index contributed by atoms with van der Waals surface area (Å²) in [6.45, 7) is 10.2. The summed E-state index contributed by atoms with van der Waals surface area (Å²) in [7, 11) is 0. The highest BCUT2D eigenvalue weighted by Gasteiger charge is 1.90. The Balaban J connectivity index is 3.70. The summed E-state index contributed by atoms with van der Waals surface area (Å²) >= 11 is 0. The average Bonchev–Trinajstić information content (AvgIpc) is 2.10. The third kappa shape index (κ3) is 5.96. The van der Waals surface area contributed by atoms with Crippen molar-refractivity contribution < 1.29 is 0 Å². The van der Waals surface area contributed by atoms with Gasteiger partial charge in [-0.15, -0.1) is 6.58 Å². The Labute approximate surface area is 76.7 Å². The van der Waals surface area contributed by atoms with Crippen LogP contribution >= 0.6 is 0 Å². The summed E-state index contributed by atoms with van der Waals surface area (Å²) in [5.41, 5.74) is 2.94. The van der Waals surface area contributed by atoms with Crippen LogP contribution in [0.3, 0.4) is 0 Å². The van der Waals surface area contributed by atoms with Crippen LogP contribution in [-0.4, -0.2) is 0 Å². The third-order valence-corrected chi connectivity index (χ3v) is 2.04. The number of allylic oxidation sites excluding steroid dienone is 5. The Kier molecular flexibility index (Phi) is 6.45. The molecule has 0 heteroatoms. The largest absolute Gasteiger partial charge is 0.103 e. The highest BCUT2D eigenvalue weighted by molar-refractivity contribution is 5.05. The van der Waals surface area contributed by atoms with Crippen molar-refractivity contribution in [1.82, 2.24) is 0 Å². The molecule has 0 saturated carbocycles. The van der Waals surface area contributed by atoms with Gasteiger partial charge in [0, 0.05) is 0 Å². The van der Waals surface area contributed by atoms with Gasteiger partial charge in [-0.3, -0.25) is 0 Å². The maximum Gasteiger partial charge on any atom is -0.0169 e. The Hall–Kier alpha value is -0.780. The summed E-state index contributed by atoms with van der Waals surface area (Å²) in [4.78, 5) is 0. The van der Waals surface area contributed by atoms with E-state index >= 15 is 0 Å². The van der Waals surface area contributed by atoms with Crippen molar-refractivity contribution in [3.63, 3.8) is 0 Å². The Morgan fingerprint density at radius 1 is 1.17 bits per heavy atom. The topological polar surface area (TPSA) is 0 Å². The van der Waals surface area contributed by atoms with Gasteiger partial charge in [-0.1, -0.05) is 29.4 Å². The molecule has 0 aliphatic rings. The van der Waals surface area contributed by atoms with E-state index in [1.165, 1.54) is 24.0 Å². The normalized spacial score (nSPS) is 13.2. The SMILES string of the molecule is C=CCC=C(C)CCC(C)=CC. The van der Waals surface area contributed by atoms with Gasteiger partial charge in [-0.05, 0) is 40.0 Å². The molecule has 0 aromatic carbocycles. The predicted octanol–water partition coefficient (Wildman–Crippen LogP) is 4.26. The van der Waals surface area contributed by atoms with Crippen LogP contribution in [0.25, 0.3) is 0 Å². The van der Waals surface area contributed by atoms with E-state index in [1.807, 2.05) is 6.08 Å². The highest BCUT2D eigenvalue weighted by Crippen LogP contribution is 2.10. The van der Waals surface area contributed by atoms with Crippen LogP contribution in [0.4, 0.5) is 0 Å². The summed E-state index contributed by atoms with van der Waals surface area (Å²) in [5, 5.41) is 0. The first-order chi connectivity index (χ1) is 5.70. The maximum absolute atomic E-state index is 3.69. The quantitative estimate of drug-likeness (QED) is 0.533. The summed E-state index contributed by atoms with van der Waals surface area (Å²) in [5.74, 6) is 0. The molecule has 0 saturated heterocycles. The number of rotatable bonds is 5. The summed E-state index contributed by atoms with van der Waals surface area (Å²) in [6, 6.07) is 0. The minimum Gasteiger partial charge on any atom is -0.103 e. The van der Waals surface area contributed by atoms with Gasteiger partial charge in [-0.25, -0.2) is 0 Å². The van der Waals surface area contributed by atoms with Crippen LogP contribution in [0.1, 0.15) is 40.0 Å². The molecule has 68 valence electrons. The second kappa shape index (κ2) is 6.90. The second-order valence-electron chi connectivity index (χ2n) is 3.21. The lowest BCUT2D eigenvalue weighted by Crippen LogP contribution is -1.80. The van der Waals surface area contributed by atoms with Gasteiger partial charge in [0.05, 0.1) is 0 Å². The van der Waals surface area contributed by atoms with E-state index in [0.29, 0.717) is 0 Å². The molecule has 0 unspecified atom stereocenters. The molecule has 0 amide bonds. The van der Waals surface area contributed by atoms with Gasteiger partial charge < -0.3 is 0 Å². The molecule has 0 fully saturated rings. The van der Waals surface area contributed by atoms with Crippen molar-refractivity contribution >= 4 is 0 Å². The van der Waals surface area contributed by atoms with Gasteiger partial charge >= 0.3 is 0 Å². The van der Waals surface area contributed by atoms with Gasteiger partial charge in [0.15, 0.2) is 0 Å². The van der Waals surface area contributed by atoms with E-state index in [2.05, 4.69) is 39.5 Å². The van der Waals surface area contributed by atoms with Crippen LogP contribution in [0, 0.1) is 0 Å². The van der Waals surface area contributed by atoms with Crippen LogP contribution in [0.15, 0.2) is 36.0 Å². The molecule has 0 nitrogen and oxygen atoms in total. The molecular formula is C12H20. The molecule has 0 aromatic rings. The van der Waals surface area contributed by atoms with E-state index in [0.717, 1.165) is 6.42 Å². The molecule has 0 N–H and O–H groups in total. The lowest BCUT2D eigenvalue weighted by atomic mass is 10.1. The third-order valence-electron chi connectivity index (χ3n) is 2.04. The van der Waals surface area contributed by atoms with E-state index < -0.39 is 0 Å². The fourth-order valence-electron chi connectivity index (χ4n) is 0.925. The zero-order valence-electron chi connectivity index (χ0n) is 8.56. The molecule has 12 heavy (non-hydrogen) atoms. The van der Waals surface area contributed by atoms with Crippen molar-refractivity contribution in [1.29, 1.82) is 0 Å². The fourth-order valence-corrected chi connectivity index (χ4v) is 0.925. The monoisotopic (exact) mass is 164 g/mol. The van der Waals surface area contributed by atoms with Crippen LogP contribution in [0.5, 0.6) is 0 Å². The van der Waals surface area contributed by atoms with Gasteiger partial charge in [0.25, 0.3) is 0 Å². The number of hydrogen-bond donors (Lipinski definition) is 0. The highest BCUT2D eigenvalue weighted by atomic mass is 14.0. The Morgan fingerprint density at radius 2 is 1.75 bits per heavy atom. The molecule has 0 rings (SSSR count). The Morgan fingerprint density at radius 3 is 2.25 bits per heavy atom. The fraction of sp³-hybridized carbons (Fsp3) is 0.500. The molecule has 0 aliphatic heterocycles. The predicted molar refractivity (Wildman–Crippen MR) is 57.2 cm³/mol. The van der Waals surface area contributed by atoms with Gasteiger partial charge in [0.1, 0.15) is 0 Å². The molecular weight excluding hydrogens is 144 g/mol. The Bertz CT molecular complexity index is 182. The summed E-state index contributed by atoms with van der Waals surface area (Å²) < 4.78 is 0. The lowest BCUT2D eigenvalue weighted by Gasteiger charge is -2.00. The first-order valence-corrected chi connectivity index (χ1v) is 4.59.